The lowest BCUT2D eigenvalue weighted by Gasteiger charge is -2.00. The quantitative estimate of drug-likeness (QED) is 0.845. The molecule has 0 saturated heterocycles. The molecular formula is C13H18N4. The molecule has 0 aliphatic rings. The van der Waals surface area contributed by atoms with Crippen molar-refractivity contribution in [1.82, 2.24) is 15.2 Å². The molecule has 0 spiro atoms. The molecule has 2 aromatic rings. The highest BCUT2D eigenvalue weighted by molar-refractivity contribution is 5.55. The summed E-state index contributed by atoms with van der Waals surface area (Å²) in [6.07, 6.45) is 0.908. The normalized spacial score (nSPS) is 11.1. The second-order valence-corrected chi connectivity index (χ2v) is 4.43. The van der Waals surface area contributed by atoms with Crippen LogP contribution in [0.3, 0.4) is 0 Å². The van der Waals surface area contributed by atoms with E-state index in [1.54, 1.807) is 0 Å². The number of hydrogen-bond acceptors (Lipinski definition) is 3. The number of rotatable bonds is 4. The summed E-state index contributed by atoms with van der Waals surface area (Å²) < 4.78 is 0. The molecule has 17 heavy (non-hydrogen) atoms. The van der Waals surface area contributed by atoms with Gasteiger partial charge < -0.3 is 5.73 Å². The van der Waals surface area contributed by atoms with Crippen LogP contribution in [0.5, 0.6) is 0 Å². The van der Waals surface area contributed by atoms with Gasteiger partial charge in [0, 0.05) is 11.5 Å². The summed E-state index contributed by atoms with van der Waals surface area (Å²) in [6, 6.07) is 8.23. The van der Waals surface area contributed by atoms with Gasteiger partial charge in [0.15, 0.2) is 5.82 Å². The van der Waals surface area contributed by atoms with Crippen LogP contribution < -0.4 is 5.73 Å². The monoisotopic (exact) mass is 230 g/mol. The third-order valence-electron chi connectivity index (χ3n) is 2.69. The van der Waals surface area contributed by atoms with Crippen molar-refractivity contribution in [2.75, 3.05) is 6.54 Å². The van der Waals surface area contributed by atoms with E-state index >= 15 is 0 Å². The zero-order valence-corrected chi connectivity index (χ0v) is 10.3. The maximum Gasteiger partial charge on any atom is 0.181 e. The summed E-state index contributed by atoms with van der Waals surface area (Å²) in [7, 11) is 0. The van der Waals surface area contributed by atoms with Gasteiger partial charge in [-0.2, -0.15) is 5.10 Å². The molecule has 1 heterocycles. The number of H-pyrrole nitrogens is 1. The Morgan fingerprint density at radius 1 is 1.24 bits per heavy atom. The summed E-state index contributed by atoms with van der Waals surface area (Å²) in [5, 5.41) is 7.18. The van der Waals surface area contributed by atoms with Gasteiger partial charge in [0.2, 0.25) is 0 Å². The Kier molecular flexibility index (Phi) is 3.54. The van der Waals surface area contributed by atoms with E-state index in [1.165, 1.54) is 5.56 Å². The molecule has 4 nitrogen and oxygen atoms in total. The number of nitrogens with zero attached hydrogens (tertiary/aromatic N) is 2. The molecule has 90 valence electrons. The van der Waals surface area contributed by atoms with Gasteiger partial charge in [0.25, 0.3) is 0 Å². The molecule has 3 N–H and O–H groups in total. The number of benzene rings is 1. The molecule has 0 fully saturated rings. The van der Waals surface area contributed by atoms with Crippen molar-refractivity contribution in [3.8, 4) is 11.4 Å². The highest BCUT2D eigenvalue weighted by Crippen LogP contribution is 2.18. The van der Waals surface area contributed by atoms with E-state index < -0.39 is 0 Å². The Labute approximate surface area is 101 Å². The predicted molar refractivity (Wildman–Crippen MR) is 68.7 cm³/mol. The first-order valence-corrected chi connectivity index (χ1v) is 5.92. The summed E-state index contributed by atoms with van der Waals surface area (Å²) in [5.41, 5.74) is 7.80. The van der Waals surface area contributed by atoms with Crippen molar-refractivity contribution in [3.05, 3.63) is 35.7 Å². The summed E-state index contributed by atoms with van der Waals surface area (Å²) >= 11 is 0. The topological polar surface area (TPSA) is 67.6 Å². The average molecular weight is 230 g/mol. The molecular weight excluding hydrogens is 212 g/mol. The second-order valence-electron chi connectivity index (χ2n) is 4.43. The first-order valence-electron chi connectivity index (χ1n) is 5.92. The minimum Gasteiger partial charge on any atom is -0.330 e. The van der Waals surface area contributed by atoms with Gasteiger partial charge in [0.1, 0.15) is 5.82 Å². The molecule has 0 atom stereocenters. The first-order chi connectivity index (χ1) is 8.20. The molecule has 1 aromatic carbocycles. The molecule has 4 heteroatoms. The Morgan fingerprint density at radius 3 is 2.47 bits per heavy atom. The van der Waals surface area contributed by atoms with Crippen LogP contribution in [-0.4, -0.2) is 21.7 Å². The van der Waals surface area contributed by atoms with E-state index in [1.807, 2.05) is 12.1 Å². The van der Waals surface area contributed by atoms with Gasteiger partial charge in [-0.05, 0) is 18.5 Å². The lowest BCUT2D eigenvalue weighted by molar-refractivity contribution is 0.781. The standard InChI is InChI=1S/C13H18N4/c1-9(2)12-15-13(17-16-12)11-5-3-10(4-6-11)7-8-14/h3-6,9H,7-8,14H2,1-2H3,(H,15,16,17). The minimum absolute atomic E-state index is 0.368. The van der Waals surface area contributed by atoms with Gasteiger partial charge in [-0.15, -0.1) is 0 Å². The lowest BCUT2D eigenvalue weighted by atomic mass is 10.1. The number of hydrogen-bond donors (Lipinski definition) is 2. The molecule has 0 aliphatic carbocycles. The van der Waals surface area contributed by atoms with E-state index in [2.05, 4.69) is 41.2 Å². The largest absolute Gasteiger partial charge is 0.330 e. The maximum absolute atomic E-state index is 5.52. The number of nitrogens with two attached hydrogens (primary N) is 1. The van der Waals surface area contributed by atoms with Crippen LogP contribution in [0.1, 0.15) is 31.2 Å². The van der Waals surface area contributed by atoms with E-state index in [0.29, 0.717) is 12.5 Å². The fraction of sp³-hybridized carbons (Fsp3) is 0.385. The molecule has 0 aliphatic heterocycles. The third kappa shape index (κ3) is 2.71. The average Bonchev–Trinajstić information content (AvgIpc) is 2.80. The van der Waals surface area contributed by atoms with Crippen molar-refractivity contribution in [1.29, 1.82) is 0 Å². The van der Waals surface area contributed by atoms with E-state index in [4.69, 9.17) is 5.73 Å². The maximum atomic E-state index is 5.52. The Morgan fingerprint density at radius 2 is 1.94 bits per heavy atom. The molecule has 1 aromatic heterocycles. The van der Waals surface area contributed by atoms with Crippen LogP contribution in [0.25, 0.3) is 11.4 Å². The van der Waals surface area contributed by atoms with Crippen LogP contribution in [0.4, 0.5) is 0 Å². The van der Waals surface area contributed by atoms with Crippen molar-refractivity contribution >= 4 is 0 Å². The number of aromatic amines is 1. The van der Waals surface area contributed by atoms with Crippen molar-refractivity contribution in [2.45, 2.75) is 26.2 Å². The van der Waals surface area contributed by atoms with Gasteiger partial charge in [-0.1, -0.05) is 38.1 Å². The van der Waals surface area contributed by atoms with Gasteiger partial charge in [-0.3, -0.25) is 5.10 Å². The van der Waals surface area contributed by atoms with Crippen molar-refractivity contribution in [2.24, 2.45) is 5.73 Å². The molecule has 0 radical (unpaired) electrons. The fourth-order valence-electron chi connectivity index (χ4n) is 1.65. The van der Waals surface area contributed by atoms with E-state index in [9.17, 15) is 0 Å². The molecule has 0 saturated carbocycles. The van der Waals surface area contributed by atoms with Crippen LogP contribution in [0, 0.1) is 0 Å². The van der Waals surface area contributed by atoms with Crippen molar-refractivity contribution in [3.63, 3.8) is 0 Å². The van der Waals surface area contributed by atoms with Crippen LogP contribution in [-0.2, 0) is 6.42 Å². The lowest BCUT2D eigenvalue weighted by Crippen LogP contribution is -2.02. The highest BCUT2D eigenvalue weighted by Gasteiger charge is 2.08. The van der Waals surface area contributed by atoms with Crippen LogP contribution >= 0.6 is 0 Å². The second kappa shape index (κ2) is 5.10. The Balaban J connectivity index is 2.21. The first kappa shape index (κ1) is 11.8. The van der Waals surface area contributed by atoms with Crippen molar-refractivity contribution < 1.29 is 0 Å². The van der Waals surface area contributed by atoms with Gasteiger partial charge >= 0.3 is 0 Å². The highest BCUT2D eigenvalue weighted by atomic mass is 15.2. The number of nitrogens with one attached hydrogen (secondary N) is 1. The molecule has 2 rings (SSSR count). The van der Waals surface area contributed by atoms with Gasteiger partial charge in [0.05, 0.1) is 0 Å². The van der Waals surface area contributed by atoms with E-state index in [0.717, 1.165) is 23.6 Å². The molecule has 0 unspecified atom stereocenters. The van der Waals surface area contributed by atoms with E-state index in [-0.39, 0.29) is 0 Å². The smallest absolute Gasteiger partial charge is 0.181 e. The summed E-state index contributed by atoms with van der Waals surface area (Å²) in [6.45, 7) is 4.86. The SMILES string of the molecule is CC(C)c1nc(-c2ccc(CCN)cc2)n[nH]1. The predicted octanol–water partition coefficient (Wildman–Crippen LogP) is 2.10. The zero-order valence-electron chi connectivity index (χ0n) is 10.3. The van der Waals surface area contributed by atoms with Crippen LogP contribution in [0.15, 0.2) is 24.3 Å². The summed E-state index contributed by atoms with van der Waals surface area (Å²) in [5.74, 6) is 2.05. The van der Waals surface area contributed by atoms with Crippen LogP contribution in [0.2, 0.25) is 0 Å². The fourth-order valence-corrected chi connectivity index (χ4v) is 1.65. The number of aromatic nitrogens is 3. The van der Waals surface area contributed by atoms with Gasteiger partial charge in [-0.25, -0.2) is 4.98 Å². The zero-order chi connectivity index (χ0) is 12.3. The third-order valence-corrected chi connectivity index (χ3v) is 2.69. The summed E-state index contributed by atoms with van der Waals surface area (Å²) in [4.78, 5) is 4.46. The molecule has 0 amide bonds. The Bertz CT molecular complexity index is 470. The molecule has 0 bridgehead atoms. The Hall–Kier alpha value is -1.68. The minimum atomic E-state index is 0.368.